The monoisotopic (exact) mass is 232 g/mol. The fourth-order valence-corrected chi connectivity index (χ4v) is 5.13. The fourth-order valence-electron chi connectivity index (χ4n) is 1.94. The van der Waals surface area contributed by atoms with Gasteiger partial charge in [0.15, 0.2) is 0 Å². The molecule has 0 atom stereocenters. The molecule has 0 aliphatic rings. The van der Waals surface area contributed by atoms with Crippen LogP contribution in [0.5, 0.6) is 0 Å². The van der Waals surface area contributed by atoms with Gasteiger partial charge in [-0.25, -0.2) is 0 Å². The molecule has 0 spiro atoms. The highest BCUT2D eigenvalue weighted by molar-refractivity contribution is 7.34. The molecule has 84 valence electrons. The van der Waals surface area contributed by atoms with Crippen molar-refractivity contribution in [2.75, 3.05) is 0 Å². The summed E-state index contributed by atoms with van der Waals surface area (Å²) in [6, 6.07) is 9.36. The van der Waals surface area contributed by atoms with Gasteiger partial charge in [-0.05, 0) is 26.0 Å². The average molecular weight is 232 g/mol. The van der Waals surface area contributed by atoms with Gasteiger partial charge in [0, 0.05) is 0 Å². The smallest absolute Gasteiger partial charge is 0.258 e. The predicted molar refractivity (Wildman–Crippen MR) is 68.0 cm³/mol. The third-order valence-corrected chi connectivity index (χ3v) is 7.06. The van der Waals surface area contributed by atoms with E-state index in [2.05, 4.69) is 0 Å². The summed E-state index contributed by atoms with van der Waals surface area (Å²) in [6.07, 6.45) is 1.81. The molecule has 0 unspecified atom stereocenters. The highest BCUT2D eigenvalue weighted by atomic mass is 28.3. The molecule has 0 amide bonds. The van der Waals surface area contributed by atoms with Crippen molar-refractivity contribution in [2.24, 2.45) is 0 Å². The summed E-state index contributed by atoms with van der Waals surface area (Å²) < 4.78 is 0. The van der Waals surface area contributed by atoms with Crippen LogP contribution in [0.1, 0.15) is 20.8 Å². The lowest BCUT2D eigenvalue weighted by molar-refractivity contribution is -0.114. The Balaban J connectivity index is 3.45. The Morgan fingerprint density at radius 2 is 1.56 bits per heavy atom. The van der Waals surface area contributed by atoms with Crippen molar-refractivity contribution in [1.29, 1.82) is 0 Å². The number of rotatable bonds is 4. The van der Waals surface area contributed by atoms with E-state index in [1.165, 1.54) is 13.8 Å². The van der Waals surface area contributed by atoms with E-state index < -0.39 is 8.07 Å². The first-order chi connectivity index (χ1) is 7.55. The van der Waals surface area contributed by atoms with E-state index in [1.807, 2.05) is 49.0 Å². The molecule has 0 bridgehead atoms. The molecule has 1 aromatic carbocycles. The van der Waals surface area contributed by atoms with Crippen LogP contribution >= 0.6 is 0 Å². The van der Waals surface area contributed by atoms with Gasteiger partial charge < -0.3 is 9.59 Å². The second-order valence-electron chi connectivity index (χ2n) is 3.79. The lowest BCUT2D eigenvalue weighted by Gasteiger charge is -2.22. The third kappa shape index (κ3) is 2.04. The van der Waals surface area contributed by atoms with Gasteiger partial charge in [0.1, 0.15) is 10.8 Å². The summed E-state index contributed by atoms with van der Waals surface area (Å²) in [5.41, 5.74) is 1.81. The summed E-state index contributed by atoms with van der Waals surface area (Å²) in [4.78, 5) is 23.8. The summed E-state index contributed by atoms with van der Waals surface area (Å²) in [5.74, 6) is 0. The zero-order chi connectivity index (χ0) is 12.2. The Bertz CT molecular complexity index is 407. The van der Waals surface area contributed by atoms with E-state index in [0.717, 1.165) is 5.19 Å². The number of benzene rings is 1. The quantitative estimate of drug-likeness (QED) is 0.741. The highest BCUT2D eigenvalue weighted by Gasteiger charge is 2.43. The lowest BCUT2D eigenvalue weighted by atomic mass is 10.4. The molecule has 16 heavy (non-hydrogen) atoms. The van der Waals surface area contributed by atoms with Crippen LogP contribution < -0.4 is 5.19 Å². The third-order valence-electron chi connectivity index (χ3n) is 2.76. The zero-order valence-electron chi connectivity index (χ0n) is 9.86. The molecule has 1 aromatic rings. The fraction of sp³-hybridized carbons (Fsp3) is 0.231. The Morgan fingerprint density at radius 3 is 1.94 bits per heavy atom. The Morgan fingerprint density at radius 1 is 1.06 bits per heavy atom. The summed E-state index contributed by atoms with van der Waals surface area (Å²) in [6.45, 7) is 4.87. The molecule has 1 rings (SSSR count). The first kappa shape index (κ1) is 12.6. The SMILES string of the molecule is C/C=C\[Si](C(C)=O)(C(C)=O)c1ccccc1. The lowest BCUT2D eigenvalue weighted by Crippen LogP contribution is -2.59. The summed E-state index contributed by atoms with van der Waals surface area (Å²) in [7, 11) is -2.78. The Hall–Kier alpha value is -1.48. The van der Waals surface area contributed by atoms with Crippen LogP contribution in [0.4, 0.5) is 0 Å². The van der Waals surface area contributed by atoms with Crippen molar-refractivity contribution in [1.82, 2.24) is 0 Å². The van der Waals surface area contributed by atoms with E-state index >= 15 is 0 Å². The molecule has 0 fully saturated rings. The molecular weight excluding hydrogens is 216 g/mol. The van der Waals surface area contributed by atoms with Crippen molar-refractivity contribution in [2.45, 2.75) is 20.8 Å². The second kappa shape index (κ2) is 5.03. The van der Waals surface area contributed by atoms with Crippen LogP contribution in [-0.4, -0.2) is 18.9 Å². The number of carbonyl (C=O) groups is 2. The van der Waals surface area contributed by atoms with Crippen molar-refractivity contribution in [3.05, 3.63) is 42.1 Å². The highest BCUT2D eigenvalue weighted by Crippen LogP contribution is 2.09. The standard InChI is InChI=1S/C13H16O2Si/c1-4-10-16(11(2)14,12(3)15)13-8-6-5-7-9-13/h4-10H,1-3H3/b10-4-. The van der Waals surface area contributed by atoms with Crippen LogP contribution in [0.15, 0.2) is 42.1 Å². The van der Waals surface area contributed by atoms with Gasteiger partial charge >= 0.3 is 0 Å². The van der Waals surface area contributed by atoms with Crippen molar-refractivity contribution >= 4 is 24.1 Å². The van der Waals surface area contributed by atoms with Crippen LogP contribution in [0, 0.1) is 0 Å². The first-order valence-corrected chi connectivity index (χ1v) is 7.35. The molecule has 0 aliphatic carbocycles. The van der Waals surface area contributed by atoms with Crippen LogP contribution in [0.2, 0.25) is 0 Å². The van der Waals surface area contributed by atoms with Gasteiger partial charge in [-0.15, -0.1) is 0 Å². The molecule has 0 heterocycles. The van der Waals surface area contributed by atoms with Gasteiger partial charge in [-0.2, -0.15) is 0 Å². The first-order valence-electron chi connectivity index (χ1n) is 5.27. The van der Waals surface area contributed by atoms with Gasteiger partial charge in [-0.3, -0.25) is 0 Å². The molecule has 3 heteroatoms. The minimum absolute atomic E-state index is 0.00991. The van der Waals surface area contributed by atoms with Crippen LogP contribution in [0.3, 0.4) is 0 Å². The van der Waals surface area contributed by atoms with Gasteiger partial charge in [-0.1, -0.05) is 42.1 Å². The number of hydrogen-bond acceptors (Lipinski definition) is 2. The van der Waals surface area contributed by atoms with Crippen molar-refractivity contribution < 1.29 is 9.59 Å². The van der Waals surface area contributed by atoms with Crippen LogP contribution in [-0.2, 0) is 9.59 Å². The Labute approximate surface area is 97.0 Å². The van der Waals surface area contributed by atoms with Crippen molar-refractivity contribution in [3.63, 3.8) is 0 Å². The van der Waals surface area contributed by atoms with Gasteiger partial charge in [0.25, 0.3) is 8.07 Å². The molecule has 2 nitrogen and oxygen atoms in total. The number of hydrogen-bond donors (Lipinski definition) is 0. The maximum Gasteiger partial charge on any atom is 0.258 e. The minimum Gasteiger partial charge on any atom is -0.304 e. The predicted octanol–water partition coefficient (Wildman–Crippen LogP) is 1.71. The van der Waals surface area contributed by atoms with E-state index in [1.54, 1.807) is 0 Å². The maximum atomic E-state index is 11.9. The Kier molecular flexibility index (Phi) is 3.96. The second-order valence-corrected chi connectivity index (χ2v) is 7.72. The molecule has 0 saturated heterocycles. The van der Waals surface area contributed by atoms with Gasteiger partial charge in [0.2, 0.25) is 0 Å². The minimum atomic E-state index is -2.78. The van der Waals surface area contributed by atoms with E-state index in [0.29, 0.717) is 0 Å². The maximum absolute atomic E-state index is 11.9. The van der Waals surface area contributed by atoms with E-state index in [-0.39, 0.29) is 10.8 Å². The normalized spacial score (nSPS) is 11.7. The molecule has 0 radical (unpaired) electrons. The van der Waals surface area contributed by atoms with Crippen LogP contribution in [0.25, 0.3) is 0 Å². The zero-order valence-corrected chi connectivity index (χ0v) is 10.9. The largest absolute Gasteiger partial charge is 0.304 e. The van der Waals surface area contributed by atoms with E-state index in [9.17, 15) is 9.59 Å². The molecular formula is C13H16O2Si. The van der Waals surface area contributed by atoms with Gasteiger partial charge in [0.05, 0.1) is 0 Å². The number of carbonyl (C=O) groups excluding carboxylic acids is 2. The summed E-state index contributed by atoms with van der Waals surface area (Å²) >= 11 is 0. The summed E-state index contributed by atoms with van der Waals surface area (Å²) in [5, 5.41) is 0.849. The number of allylic oxidation sites excluding steroid dienone is 1. The molecule has 0 saturated carbocycles. The topological polar surface area (TPSA) is 34.1 Å². The molecule has 0 N–H and O–H groups in total. The molecule has 0 aliphatic heterocycles. The van der Waals surface area contributed by atoms with E-state index in [4.69, 9.17) is 0 Å². The van der Waals surface area contributed by atoms with Crippen molar-refractivity contribution in [3.8, 4) is 0 Å². The average Bonchev–Trinajstić information content (AvgIpc) is 2.26. The molecule has 0 aromatic heterocycles.